The van der Waals surface area contributed by atoms with Crippen LogP contribution in [-0.2, 0) is 19.1 Å². The van der Waals surface area contributed by atoms with E-state index in [1.807, 2.05) is 0 Å². The summed E-state index contributed by atoms with van der Waals surface area (Å²) in [6.45, 7) is 2.13. The summed E-state index contributed by atoms with van der Waals surface area (Å²) in [6, 6.07) is 0. The van der Waals surface area contributed by atoms with E-state index in [2.05, 4.69) is 0 Å². The molecule has 1 amide bonds. The molecule has 1 aliphatic carbocycles. The van der Waals surface area contributed by atoms with E-state index >= 15 is 0 Å². The van der Waals surface area contributed by atoms with Crippen LogP contribution in [-0.4, -0.2) is 62.4 Å². The van der Waals surface area contributed by atoms with Crippen LogP contribution in [0.15, 0.2) is 0 Å². The van der Waals surface area contributed by atoms with Gasteiger partial charge in [0.1, 0.15) is 0 Å². The zero-order chi connectivity index (χ0) is 15.7. The van der Waals surface area contributed by atoms with E-state index in [0.717, 1.165) is 19.3 Å². The summed E-state index contributed by atoms with van der Waals surface area (Å²) in [6.07, 6.45) is 3.83. The molecule has 0 radical (unpaired) electrons. The summed E-state index contributed by atoms with van der Waals surface area (Å²) in [7, 11) is 3.22. The molecule has 0 aliphatic heterocycles. The highest BCUT2D eigenvalue weighted by atomic mass is 16.5. The van der Waals surface area contributed by atoms with Crippen molar-refractivity contribution in [3.63, 3.8) is 0 Å². The van der Waals surface area contributed by atoms with Crippen molar-refractivity contribution in [2.45, 2.75) is 32.1 Å². The Morgan fingerprint density at radius 2 is 1.67 bits per heavy atom. The summed E-state index contributed by atoms with van der Waals surface area (Å²) in [5, 5.41) is 9.31. The average molecular weight is 301 g/mol. The molecule has 2 atom stereocenters. The molecule has 0 spiro atoms. The normalized spacial score (nSPS) is 22.0. The molecular formula is C15H27NO5. The standard InChI is InChI=1S/C15H27NO5/c1-20-10-5-8-16(9-11-21-2)14(17)12-6-3-4-7-13(12)15(18)19/h12-13H,3-11H2,1-2H3,(H,18,19)/t12-,13+/m1/s1. The first-order valence-corrected chi connectivity index (χ1v) is 7.61. The number of carbonyl (C=O) groups excluding carboxylic acids is 1. The quantitative estimate of drug-likeness (QED) is 0.651. The monoisotopic (exact) mass is 301 g/mol. The van der Waals surface area contributed by atoms with Gasteiger partial charge in [-0.3, -0.25) is 9.59 Å². The second-order valence-corrected chi connectivity index (χ2v) is 5.50. The van der Waals surface area contributed by atoms with Crippen LogP contribution in [0.2, 0.25) is 0 Å². The van der Waals surface area contributed by atoms with Crippen molar-refractivity contribution in [3.05, 3.63) is 0 Å². The Hall–Kier alpha value is -1.14. The molecule has 0 aromatic heterocycles. The van der Waals surface area contributed by atoms with Gasteiger partial charge < -0.3 is 19.5 Å². The minimum absolute atomic E-state index is 0.0461. The molecule has 21 heavy (non-hydrogen) atoms. The van der Waals surface area contributed by atoms with Gasteiger partial charge in [0.15, 0.2) is 0 Å². The van der Waals surface area contributed by atoms with Crippen molar-refractivity contribution < 1.29 is 24.2 Å². The van der Waals surface area contributed by atoms with Gasteiger partial charge >= 0.3 is 5.97 Å². The zero-order valence-corrected chi connectivity index (χ0v) is 13.0. The van der Waals surface area contributed by atoms with E-state index in [4.69, 9.17) is 9.47 Å². The van der Waals surface area contributed by atoms with Crippen LogP contribution < -0.4 is 0 Å². The molecule has 0 saturated heterocycles. The van der Waals surface area contributed by atoms with E-state index in [-0.39, 0.29) is 5.91 Å². The molecule has 0 heterocycles. The maximum atomic E-state index is 12.7. The van der Waals surface area contributed by atoms with E-state index < -0.39 is 17.8 Å². The fourth-order valence-corrected chi connectivity index (χ4v) is 2.89. The van der Waals surface area contributed by atoms with Gasteiger partial charge in [-0.05, 0) is 19.3 Å². The largest absolute Gasteiger partial charge is 0.481 e. The van der Waals surface area contributed by atoms with Gasteiger partial charge in [-0.15, -0.1) is 0 Å². The number of rotatable bonds is 9. The summed E-state index contributed by atoms with van der Waals surface area (Å²) in [5.74, 6) is -1.83. The maximum absolute atomic E-state index is 12.7. The van der Waals surface area contributed by atoms with E-state index in [0.29, 0.717) is 39.1 Å². The van der Waals surface area contributed by atoms with Crippen LogP contribution in [0.5, 0.6) is 0 Å². The number of hydrogen-bond acceptors (Lipinski definition) is 4. The Kier molecular flexibility index (Phi) is 8.30. The van der Waals surface area contributed by atoms with Crippen molar-refractivity contribution >= 4 is 11.9 Å². The molecule has 1 rings (SSSR count). The highest BCUT2D eigenvalue weighted by Crippen LogP contribution is 2.31. The van der Waals surface area contributed by atoms with E-state index in [1.54, 1.807) is 19.1 Å². The van der Waals surface area contributed by atoms with Gasteiger partial charge in [-0.1, -0.05) is 12.8 Å². The fraction of sp³-hybridized carbons (Fsp3) is 0.867. The van der Waals surface area contributed by atoms with Crippen LogP contribution >= 0.6 is 0 Å². The Morgan fingerprint density at radius 3 is 2.24 bits per heavy atom. The van der Waals surface area contributed by atoms with E-state index in [1.165, 1.54) is 0 Å². The number of amides is 1. The van der Waals surface area contributed by atoms with Gasteiger partial charge in [-0.2, -0.15) is 0 Å². The smallest absolute Gasteiger partial charge is 0.307 e. The lowest BCUT2D eigenvalue weighted by atomic mass is 9.78. The highest BCUT2D eigenvalue weighted by Gasteiger charge is 2.37. The molecule has 0 unspecified atom stereocenters. The fourth-order valence-electron chi connectivity index (χ4n) is 2.89. The predicted molar refractivity (Wildman–Crippen MR) is 78.0 cm³/mol. The molecule has 1 aliphatic rings. The maximum Gasteiger partial charge on any atom is 0.307 e. The highest BCUT2D eigenvalue weighted by molar-refractivity contribution is 5.85. The third-order valence-corrected chi connectivity index (χ3v) is 4.05. The summed E-state index contributed by atoms with van der Waals surface area (Å²) < 4.78 is 10.1. The number of carbonyl (C=O) groups is 2. The van der Waals surface area contributed by atoms with Crippen LogP contribution in [0.3, 0.4) is 0 Å². The average Bonchev–Trinajstić information content (AvgIpc) is 2.50. The number of carboxylic acids is 1. The van der Waals surface area contributed by atoms with Crippen molar-refractivity contribution in [2.24, 2.45) is 11.8 Å². The van der Waals surface area contributed by atoms with Gasteiger partial charge in [0.25, 0.3) is 0 Å². The van der Waals surface area contributed by atoms with Crippen molar-refractivity contribution in [1.29, 1.82) is 0 Å². The number of ether oxygens (including phenoxy) is 2. The molecule has 0 aromatic rings. The minimum atomic E-state index is -0.850. The molecular weight excluding hydrogens is 274 g/mol. The van der Waals surface area contributed by atoms with Crippen LogP contribution in [0, 0.1) is 11.8 Å². The second kappa shape index (κ2) is 9.73. The van der Waals surface area contributed by atoms with E-state index in [9.17, 15) is 14.7 Å². The first-order valence-electron chi connectivity index (χ1n) is 7.61. The Labute approximate surface area is 126 Å². The summed E-state index contributed by atoms with van der Waals surface area (Å²) >= 11 is 0. The Morgan fingerprint density at radius 1 is 1.05 bits per heavy atom. The van der Waals surface area contributed by atoms with Gasteiger partial charge in [0, 0.05) is 33.9 Å². The molecule has 6 nitrogen and oxygen atoms in total. The molecule has 6 heteroatoms. The molecule has 1 N–H and O–H groups in total. The lowest BCUT2D eigenvalue weighted by Gasteiger charge is -2.32. The zero-order valence-electron chi connectivity index (χ0n) is 13.0. The third-order valence-electron chi connectivity index (χ3n) is 4.05. The summed E-state index contributed by atoms with van der Waals surface area (Å²) in [4.78, 5) is 25.8. The minimum Gasteiger partial charge on any atom is -0.481 e. The number of methoxy groups -OCH3 is 2. The topological polar surface area (TPSA) is 76.1 Å². The van der Waals surface area contributed by atoms with Crippen molar-refractivity contribution in [2.75, 3.05) is 40.5 Å². The Bertz CT molecular complexity index is 334. The van der Waals surface area contributed by atoms with Gasteiger partial charge in [0.2, 0.25) is 5.91 Å². The number of carboxylic acid groups (broad SMARTS) is 1. The third kappa shape index (κ3) is 5.63. The van der Waals surface area contributed by atoms with Crippen molar-refractivity contribution in [1.82, 2.24) is 4.90 Å². The molecule has 0 aromatic carbocycles. The lowest BCUT2D eigenvalue weighted by molar-refractivity contribution is -0.152. The van der Waals surface area contributed by atoms with Crippen LogP contribution in [0.25, 0.3) is 0 Å². The van der Waals surface area contributed by atoms with Gasteiger partial charge in [-0.25, -0.2) is 0 Å². The second-order valence-electron chi connectivity index (χ2n) is 5.50. The van der Waals surface area contributed by atoms with Crippen LogP contribution in [0.1, 0.15) is 32.1 Å². The molecule has 1 fully saturated rings. The first kappa shape index (κ1) is 17.9. The molecule has 1 saturated carbocycles. The first-order chi connectivity index (χ1) is 10.1. The molecule has 122 valence electrons. The molecule has 0 bridgehead atoms. The number of nitrogens with zero attached hydrogens (tertiary/aromatic N) is 1. The summed E-state index contributed by atoms with van der Waals surface area (Å²) in [5.41, 5.74) is 0. The Balaban J connectivity index is 2.68. The lowest BCUT2D eigenvalue weighted by Crippen LogP contribution is -2.44. The van der Waals surface area contributed by atoms with Crippen molar-refractivity contribution in [3.8, 4) is 0 Å². The van der Waals surface area contributed by atoms with Crippen LogP contribution in [0.4, 0.5) is 0 Å². The predicted octanol–water partition coefficient (Wildman–Crippen LogP) is 1.39. The SMILES string of the molecule is COCCCN(CCOC)C(=O)[C@@H]1CCCC[C@@H]1C(=O)O. The van der Waals surface area contributed by atoms with Gasteiger partial charge in [0.05, 0.1) is 18.4 Å². The number of hydrogen-bond donors (Lipinski definition) is 1. The number of aliphatic carboxylic acids is 1.